The number of aliphatic hydroxyl groups is 1. The van der Waals surface area contributed by atoms with Crippen molar-refractivity contribution in [1.82, 2.24) is 5.01 Å². The number of rotatable bonds is 6. The first-order chi connectivity index (χ1) is 13.8. The Bertz CT molecular complexity index is 834. The smallest absolute Gasteiger partial charge is 0.270 e. The van der Waals surface area contributed by atoms with E-state index in [1.165, 1.54) is 0 Å². The minimum absolute atomic E-state index is 0.00614. The van der Waals surface area contributed by atoms with E-state index in [9.17, 15) is 14.7 Å². The number of amides is 2. The standard InChI is InChI=1S/C24H32N2O3/c1-5-9-16(2)14-19(27)21(28)26-20-15-17-12-13-24(20,23(17,3)4)22(29)25(26)18-10-7-6-8-11-18/h6-8,10-11,17,19-20,27H,2,5,9,12-15H2,1,3-4H3/t17-,19+,20-,24+/m1/s1. The summed E-state index contributed by atoms with van der Waals surface area (Å²) in [5, 5.41) is 13.9. The van der Waals surface area contributed by atoms with Gasteiger partial charge in [0.2, 0.25) is 0 Å². The number of carbonyl (C=O) groups is 2. The van der Waals surface area contributed by atoms with Crippen LogP contribution < -0.4 is 5.01 Å². The molecule has 2 saturated carbocycles. The molecule has 0 unspecified atom stereocenters. The average Bonchev–Trinajstić information content (AvgIpc) is 3.21. The number of hydrazine groups is 1. The van der Waals surface area contributed by atoms with Gasteiger partial charge in [0.05, 0.1) is 17.1 Å². The van der Waals surface area contributed by atoms with E-state index < -0.39 is 11.5 Å². The molecule has 0 radical (unpaired) electrons. The molecule has 2 bridgehead atoms. The molecule has 4 atom stereocenters. The summed E-state index contributed by atoms with van der Waals surface area (Å²) in [7, 11) is 0. The predicted molar refractivity (Wildman–Crippen MR) is 113 cm³/mol. The lowest BCUT2D eigenvalue weighted by Crippen LogP contribution is -2.51. The molecule has 2 aliphatic carbocycles. The van der Waals surface area contributed by atoms with E-state index >= 15 is 0 Å². The van der Waals surface area contributed by atoms with Crippen LogP contribution in [0.4, 0.5) is 5.69 Å². The summed E-state index contributed by atoms with van der Waals surface area (Å²) >= 11 is 0. The Hall–Kier alpha value is -2.14. The van der Waals surface area contributed by atoms with E-state index in [4.69, 9.17) is 0 Å². The number of hydrogen-bond donors (Lipinski definition) is 1. The first kappa shape index (κ1) is 20.1. The van der Waals surface area contributed by atoms with Crippen molar-refractivity contribution < 1.29 is 14.7 Å². The maximum Gasteiger partial charge on any atom is 0.270 e. The van der Waals surface area contributed by atoms with Crippen LogP contribution in [0, 0.1) is 16.7 Å². The van der Waals surface area contributed by atoms with Gasteiger partial charge in [0.15, 0.2) is 0 Å². The van der Waals surface area contributed by atoms with Gasteiger partial charge in [-0.1, -0.05) is 57.5 Å². The Morgan fingerprint density at radius 2 is 2.00 bits per heavy atom. The minimum atomic E-state index is -1.18. The topological polar surface area (TPSA) is 60.9 Å². The molecule has 3 fully saturated rings. The molecule has 5 heteroatoms. The van der Waals surface area contributed by atoms with Gasteiger partial charge in [-0.3, -0.25) is 9.59 Å². The average molecular weight is 397 g/mol. The molecule has 4 rings (SSSR count). The van der Waals surface area contributed by atoms with Crippen LogP contribution in [0.5, 0.6) is 0 Å². The van der Waals surface area contributed by atoms with Crippen LogP contribution in [0.15, 0.2) is 42.5 Å². The van der Waals surface area contributed by atoms with E-state index in [1.807, 2.05) is 30.3 Å². The third kappa shape index (κ3) is 2.70. The molecular formula is C24H32N2O3. The monoisotopic (exact) mass is 396 g/mol. The molecule has 1 saturated heterocycles. The molecule has 1 N–H and O–H groups in total. The number of hydrogen-bond acceptors (Lipinski definition) is 3. The SMILES string of the molecule is C=C(CCC)C[C@H](O)C(=O)N1[C@@H]2C[C@H]3CC[C@]2(C(=O)N1c1ccccc1)C3(C)C. The zero-order chi connectivity index (χ0) is 21.0. The van der Waals surface area contributed by atoms with Crippen LogP contribution in [-0.4, -0.2) is 34.1 Å². The van der Waals surface area contributed by atoms with Crippen molar-refractivity contribution in [3.63, 3.8) is 0 Å². The molecule has 1 heterocycles. The molecule has 2 amide bonds. The Kier molecular flexibility index (Phi) is 4.85. The summed E-state index contributed by atoms with van der Waals surface area (Å²) in [6.45, 7) is 10.4. The lowest BCUT2D eigenvalue weighted by Gasteiger charge is -2.35. The summed E-state index contributed by atoms with van der Waals surface area (Å²) in [6, 6.07) is 9.17. The maximum atomic E-state index is 13.9. The van der Waals surface area contributed by atoms with Crippen LogP contribution in [0.3, 0.4) is 0 Å². The minimum Gasteiger partial charge on any atom is -0.383 e. The third-order valence-corrected chi connectivity index (χ3v) is 7.82. The molecule has 1 aromatic carbocycles. The highest BCUT2D eigenvalue weighted by molar-refractivity contribution is 6.05. The Morgan fingerprint density at radius 1 is 1.31 bits per heavy atom. The van der Waals surface area contributed by atoms with Crippen molar-refractivity contribution in [2.45, 2.75) is 71.4 Å². The van der Waals surface area contributed by atoms with Crippen molar-refractivity contribution in [1.29, 1.82) is 0 Å². The number of benzene rings is 1. The molecule has 1 spiro atoms. The fourth-order valence-electron chi connectivity index (χ4n) is 6.22. The van der Waals surface area contributed by atoms with Crippen molar-refractivity contribution >= 4 is 17.5 Å². The number of anilines is 1. The van der Waals surface area contributed by atoms with Gasteiger partial charge in [-0.2, -0.15) is 0 Å². The second-order valence-electron chi connectivity index (χ2n) is 9.54. The van der Waals surface area contributed by atoms with Crippen LogP contribution >= 0.6 is 0 Å². The first-order valence-corrected chi connectivity index (χ1v) is 10.8. The van der Waals surface area contributed by atoms with Crippen LogP contribution in [0.25, 0.3) is 0 Å². The fraction of sp³-hybridized carbons (Fsp3) is 0.583. The molecule has 0 aromatic heterocycles. The molecule has 1 aromatic rings. The second kappa shape index (κ2) is 6.98. The van der Waals surface area contributed by atoms with Crippen LogP contribution in [-0.2, 0) is 9.59 Å². The van der Waals surface area contributed by atoms with E-state index in [1.54, 1.807) is 10.0 Å². The third-order valence-electron chi connectivity index (χ3n) is 7.82. The van der Waals surface area contributed by atoms with Crippen molar-refractivity contribution in [2.24, 2.45) is 16.7 Å². The Labute approximate surface area is 173 Å². The zero-order valence-electron chi connectivity index (χ0n) is 17.7. The molecule has 5 nitrogen and oxygen atoms in total. The zero-order valence-corrected chi connectivity index (χ0v) is 17.7. The van der Waals surface area contributed by atoms with Gasteiger partial charge in [-0.05, 0) is 49.1 Å². The lowest BCUT2D eigenvalue weighted by atomic mass is 9.67. The Balaban J connectivity index is 1.73. The van der Waals surface area contributed by atoms with Crippen molar-refractivity contribution in [3.8, 4) is 0 Å². The highest BCUT2D eigenvalue weighted by atomic mass is 16.3. The maximum absolute atomic E-state index is 13.9. The van der Waals surface area contributed by atoms with Gasteiger partial charge >= 0.3 is 0 Å². The van der Waals surface area contributed by atoms with Crippen LogP contribution in [0.2, 0.25) is 0 Å². The van der Waals surface area contributed by atoms with E-state index in [0.717, 1.165) is 37.7 Å². The van der Waals surface area contributed by atoms with Gasteiger partial charge in [-0.15, -0.1) is 0 Å². The van der Waals surface area contributed by atoms with Gasteiger partial charge in [-0.25, -0.2) is 10.0 Å². The van der Waals surface area contributed by atoms with E-state index in [2.05, 4.69) is 27.4 Å². The van der Waals surface area contributed by atoms with E-state index in [0.29, 0.717) is 11.6 Å². The normalized spacial score (nSPS) is 30.6. The summed E-state index contributed by atoms with van der Waals surface area (Å²) in [6.07, 6.45) is 3.43. The second-order valence-corrected chi connectivity index (χ2v) is 9.54. The summed E-state index contributed by atoms with van der Waals surface area (Å²) < 4.78 is 0. The van der Waals surface area contributed by atoms with E-state index in [-0.39, 0.29) is 29.7 Å². The molecule has 3 aliphatic rings. The van der Waals surface area contributed by atoms with Gasteiger partial charge in [0.25, 0.3) is 11.8 Å². The quantitative estimate of drug-likeness (QED) is 0.737. The number of fused-ring (bicyclic) bond motifs is 1. The summed E-state index contributed by atoms with van der Waals surface area (Å²) in [4.78, 5) is 27.4. The van der Waals surface area contributed by atoms with Crippen molar-refractivity contribution in [2.75, 3.05) is 5.01 Å². The van der Waals surface area contributed by atoms with Gasteiger partial charge in [0, 0.05) is 6.42 Å². The highest BCUT2D eigenvalue weighted by Crippen LogP contribution is 2.70. The number of para-hydroxylation sites is 1. The number of nitrogens with zero attached hydrogens (tertiary/aromatic N) is 2. The molecule has 1 aliphatic heterocycles. The number of carbonyl (C=O) groups excluding carboxylic acids is 2. The van der Waals surface area contributed by atoms with Gasteiger partial charge in [0.1, 0.15) is 6.10 Å². The molecular weight excluding hydrogens is 364 g/mol. The predicted octanol–water partition coefficient (Wildman–Crippen LogP) is 4.08. The summed E-state index contributed by atoms with van der Waals surface area (Å²) in [5.41, 5.74) is 0.832. The highest BCUT2D eigenvalue weighted by Gasteiger charge is 2.75. The molecule has 156 valence electrons. The number of aliphatic hydroxyl groups excluding tert-OH is 1. The van der Waals surface area contributed by atoms with Crippen LogP contribution in [0.1, 0.15) is 59.3 Å². The first-order valence-electron chi connectivity index (χ1n) is 10.8. The summed E-state index contributed by atoms with van der Waals surface area (Å²) in [5.74, 6) is 0.0492. The van der Waals surface area contributed by atoms with Gasteiger partial charge < -0.3 is 5.11 Å². The van der Waals surface area contributed by atoms with Crippen molar-refractivity contribution in [3.05, 3.63) is 42.5 Å². The lowest BCUT2D eigenvalue weighted by molar-refractivity contribution is -0.143. The molecule has 29 heavy (non-hydrogen) atoms. The largest absolute Gasteiger partial charge is 0.383 e. The fourth-order valence-corrected chi connectivity index (χ4v) is 6.22. The Morgan fingerprint density at radius 3 is 2.62 bits per heavy atom.